The van der Waals surface area contributed by atoms with Crippen molar-refractivity contribution in [3.63, 3.8) is 0 Å². The minimum Gasteiger partial charge on any atom is -0.481 e. The molecule has 0 unspecified atom stereocenters. The van der Waals surface area contributed by atoms with Crippen LogP contribution in [-0.4, -0.2) is 16.1 Å². The van der Waals surface area contributed by atoms with Crippen molar-refractivity contribution in [2.24, 2.45) is 11.8 Å². The molecule has 0 radical (unpaired) electrons. The highest BCUT2D eigenvalue weighted by molar-refractivity contribution is 5.82. The van der Waals surface area contributed by atoms with Gasteiger partial charge in [-0.15, -0.1) is 0 Å². The third kappa shape index (κ3) is 1.60. The van der Waals surface area contributed by atoms with Crippen LogP contribution < -0.4 is 0 Å². The molecule has 1 aromatic rings. The van der Waals surface area contributed by atoms with E-state index in [4.69, 9.17) is 0 Å². The summed E-state index contributed by atoms with van der Waals surface area (Å²) in [7, 11) is 0. The second-order valence-corrected chi connectivity index (χ2v) is 5.04. The molecule has 0 aliphatic heterocycles. The molecular weight excluding hydrogens is 202 g/mol. The van der Waals surface area contributed by atoms with Gasteiger partial charge in [0.25, 0.3) is 0 Å². The number of aliphatic carboxylic acids is 1. The van der Waals surface area contributed by atoms with Gasteiger partial charge in [-0.2, -0.15) is 0 Å². The third-order valence-electron chi connectivity index (χ3n) is 3.79. The Morgan fingerprint density at radius 3 is 2.69 bits per heavy atom. The van der Waals surface area contributed by atoms with Crippen LogP contribution in [0, 0.1) is 11.8 Å². The first-order valence-corrected chi connectivity index (χ1v) is 5.70. The number of aromatic nitrogens is 1. The number of rotatable bonds is 3. The van der Waals surface area contributed by atoms with Crippen molar-refractivity contribution in [3.05, 3.63) is 30.1 Å². The van der Waals surface area contributed by atoms with E-state index in [0.717, 1.165) is 18.4 Å². The van der Waals surface area contributed by atoms with Crippen LogP contribution in [0.25, 0.3) is 0 Å². The van der Waals surface area contributed by atoms with Gasteiger partial charge in [0, 0.05) is 12.4 Å². The Morgan fingerprint density at radius 2 is 2.25 bits per heavy atom. The van der Waals surface area contributed by atoms with Crippen LogP contribution in [0.3, 0.4) is 0 Å². The molecule has 2 rings (SSSR count). The minimum atomic E-state index is -0.711. The number of nitrogens with zero attached hydrogens (tertiary/aromatic N) is 1. The summed E-state index contributed by atoms with van der Waals surface area (Å²) in [6, 6.07) is 3.68. The summed E-state index contributed by atoms with van der Waals surface area (Å²) in [5.41, 5.74) is 0.169. The Kier molecular flexibility index (Phi) is 2.70. The second-order valence-electron chi connectivity index (χ2n) is 5.04. The number of hydrogen-bond donors (Lipinski definition) is 1. The molecule has 1 aromatic heterocycles. The molecule has 3 nitrogen and oxygen atoms in total. The number of pyridine rings is 1. The van der Waals surface area contributed by atoms with E-state index in [9.17, 15) is 9.90 Å². The molecule has 1 fully saturated rings. The largest absolute Gasteiger partial charge is 0.481 e. The molecule has 0 saturated heterocycles. The van der Waals surface area contributed by atoms with Crippen LogP contribution in [-0.2, 0) is 10.2 Å². The van der Waals surface area contributed by atoms with Crippen LogP contribution in [0.2, 0.25) is 0 Å². The van der Waals surface area contributed by atoms with Crippen molar-refractivity contribution >= 4 is 5.97 Å². The van der Waals surface area contributed by atoms with Gasteiger partial charge in [0.2, 0.25) is 0 Å². The highest BCUT2D eigenvalue weighted by Crippen LogP contribution is 2.50. The summed E-state index contributed by atoms with van der Waals surface area (Å²) < 4.78 is 0. The second kappa shape index (κ2) is 3.89. The Bertz CT molecular complexity index is 380. The van der Waals surface area contributed by atoms with Crippen molar-refractivity contribution in [3.8, 4) is 0 Å². The first kappa shape index (κ1) is 11.1. The van der Waals surface area contributed by atoms with E-state index in [1.54, 1.807) is 12.4 Å². The standard InChI is InChI=1S/C13H17NO2/c1-9(2)10-6-13(7-10,12(15)16)11-4-3-5-14-8-11/h3-5,8-10H,6-7H2,1-2H3,(H,15,16). The summed E-state index contributed by atoms with van der Waals surface area (Å²) in [5, 5.41) is 9.41. The molecule has 1 saturated carbocycles. The van der Waals surface area contributed by atoms with Gasteiger partial charge in [-0.05, 0) is 36.3 Å². The fraction of sp³-hybridized carbons (Fsp3) is 0.538. The van der Waals surface area contributed by atoms with Crippen LogP contribution in [0.1, 0.15) is 32.3 Å². The van der Waals surface area contributed by atoms with Gasteiger partial charge in [0.05, 0.1) is 5.41 Å². The molecule has 0 aromatic carbocycles. The number of carboxylic acids is 1. The number of hydrogen-bond acceptors (Lipinski definition) is 2. The van der Waals surface area contributed by atoms with Gasteiger partial charge in [-0.25, -0.2) is 0 Å². The van der Waals surface area contributed by atoms with E-state index in [2.05, 4.69) is 18.8 Å². The molecule has 1 aliphatic carbocycles. The quantitative estimate of drug-likeness (QED) is 0.849. The smallest absolute Gasteiger partial charge is 0.314 e. The van der Waals surface area contributed by atoms with Crippen molar-refractivity contribution in [2.45, 2.75) is 32.1 Å². The van der Waals surface area contributed by atoms with E-state index in [1.807, 2.05) is 12.1 Å². The first-order chi connectivity index (χ1) is 7.56. The molecule has 0 atom stereocenters. The lowest BCUT2D eigenvalue weighted by Crippen LogP contribution is -2.49. The molecule has 0 amide bonds. The average Bonchev–Trinajstić information content (AvgIpc) is 2.16. The van der Waals surface area contributed by atoms with E-state index in [-0.39, 0.29) is 0 Å². The van der Waals surface area contributed by atoms with E-state index in [0.29, 0.717) is 11.8 Å². The maximum atomic E-state index is 11.4. The molecule has 3 heteroatoms. The van der Waals surface area contributed by atoms with Crippen LogP contribution in [0.4, 0.5) is 0 Å². The predicted molar refractivity (Wildman–Crippen MR) is 61.1 cm³/mol. The average molecular weight is 219 g/mol. The SMILES string of the molecule is CC(C)C1CC(C(=O)O)(c2cccnc2)C1. The van der Waals surface area contributed by atoms with Crippen molar-refractivity contribution < 1.29 is 9.90 Å². The normalized spacial score (nSPS) is 28.8. The lowest BCUT2D eigenvalue weighted by atomic mass is 9.56. The van der Waals surface area contributed by atoms with E-state index < -0.39 is 11.4 Å². The molecule has 1 aliphatic rings. The Labute approximate surface area is 95.5 Å². The summed E-state index contributed by atoms with van der Waals surface area (Å²) >= 11 is 0. The van der Waals surface area contributed by atoms with Crippen LogP contribution >= 0.6 is 0 Å². The van der Waals surface area contributed by atoms with Crippen LogP contribution in [0.5, 0.6) is 0 Å². The van der Waals surface area contributed by atoms with Crippen molar-refractivity contribution in [1.29, 1.82) is 0 Å². The lowest BCUT2D eigenvalue weighted by Gasteiger charge is -2.46. The minimum absolute atomic E-state index is 0.524. The molecule has 0 spiro atoms. The topological polar surface area (TPSA) is 50.2 Å². The van der Waals surface area contributed by atoms with Gasteiger partial charge in [-0.3, -0.25) is 9.78 Å². The fourth-order valence-corrected chi connectivity index (χ4v) is 2.49. The highest BCUT2D eigenvalue weighted by Gasteiger charge is 2.52. The summed E-state index contributed by atoms with van der Waals surface area (Å²) in [6.45, 7) is 4.30. The molecule has 86 valence electrons. The van der Waals surface area contributed by atoms with Gasteiger partial charge < -0.3 is 5.11 Å². The maximum Gasteiger partial charge on any atom is 0.314 e. The van der Waals surface area contributed by atoms with Crippen molar-refractivity contribution in [2.75, 3.05) is 0 Å². The highest BCUT2D eigenvalue weighted by atomic mass is 16.4. The molecule has 0 bridgehead atoms. The Hall–Kier alpha value is -1.38. The van der Waals surface area contributed by atoms with Gasteiger partial charge in [0.15, 0.2) is 0 Å². The zero-order chi connectivity index (χ0) is 11.8. The number of carbonyl (C=O) groups is 1. The number of carboxylic acid groups (broad SMARTS) is 1. The first-order valence-electron chi connectivity index (χ1n) is 5.70. The summed E-state index contributed by atoms with van der Waals surface area (Å²) in [6.07, 6.45) is 4.85. The van der Waals surface area contributed by atoms with Crippen molar-refractivity contribution in [1.82, 2.24) is 4.98 Å². The van der Waals surface area contributed by atoms with Gasteiger partial charge >= 0.3 is 5.97 Å². The molecule has 1 N–H and O–H groups in total. The van der Waals surface area contributed by atoms with Gasteiger partial charge in [-0.1, -0.05) is 19.9 Å². The summed E-state index contributed by atoms with van der Waals surface area (Å²) in [5.74, 6) is 0.373. The zero-order valence-corrected chi connectivity index (χ0v) is 9.68. The van der Waals surface area contributed by atoms with Gasteiger partial charge in [0.1, 0.15) is 0 Å². The van der Waals surface area contributed by atoms with E-state index >= 15 is 0 Å². The fourth-order valence-electron chi connectivity index (χ4n) is 2.49. The maximum absolute atomic E-state index is 11.4. The third-order valence-corrected chi connectivity index (χ3v) is 3.79. The molecule has 1 heterocycles. The van der Waals surface area contributed by atoms with Crippen LogP contribution in [0.15, 0.2) is 24.5 Å². The Morgan fingerprint density at radius 1 is 1.56 bits per heavy atom. The summed E-state index contributed by atoms with van der Waals surface area (Å²) in [4.78, 5) is 15.5. The molecular formula is C13H17NO2. The van der Waals surface area contributed by atoms with E-state index in [1.165, 1.54) is 0 Å². The monoisotopic (exact) mass is 219 g/mol. The zero-order valence-electron chi connectivity index (χ0n) is 9.68. The predicted octanol–water partition coefficient (Wildman–Crippen LogP) is 2.47. The molecule has 16 heavy (non-hydrogen) atoms. The lowest BCUT2D eigenvalue weighted by molar-refractivity contribution is -0.150. The Balaban J connectivity index is 2.25.